The Kier molecular flexibility index (Phi) is 4.30. The molecule has 0 aliphatic rings. The molecule has 0 radical (unpaired) electrons. The molecule has 1 heterocycles. The largest absolute Gasteiger partial charge is 0.360 e. The maximum atomic E-state index is 11.6. The third-order valence-electron chi connectivity index (χ3n) is 2.29. The maximum absolute atomic E-state index is 11.6. The minimum absolute atomic E-state index is 0.139. The first-order chi connectivity index (χ1) is 8.74. The standard InChI is InChI=1S/C13H12BrN3O/c14-11-5-3-10(4-6-11)8-13(18)17-16-9-12-2-1-7-15-12/h1-7,9,15H,8H2,(H,17,18)/b16-9-. The number of aromatic amines is 1. The number of hydrogen-bond donors (Lipinski definition) is 2. The lowest BCUT2D eigenvalue weighted by Crippen LogP contribution is -2.19. The van der Waals surface area contributed by atoms with Crippen LogP contribution in [0.25, 0.3) is 0 Å². The van der Waals surface area contributed by atoms with E-state index in [0.29, 0.717) is 6.42 Å². The van der Waals surface area contributed by atoms with E-state index in [4.69, 9.17) is 0 Å². The summed E-state index contributed by atoms with van der Waals surface area (Å²) in [6.07, 6.45) is 3.68. The van der Waals surface area contributed by atoms with Gasteiger partial charge in [-0.2, -0.15) is 5.10 Å². The summed E-state index contributed by atoms with van der Waals surface area (Å²) in [7, 11) is 0. The van der Waals surface area contributed by atoms with Crippen molar-refractivity contribution in [1.29, 1.82) is 0 Å². The highest BCUT2D eigenvalue weighted by Gasteiger charge is 2.01. The summed E-state index contributed by atoms with van der Waals surface area (Å²) in [6, 6.07) is 11.3. The minimum Gasteiger partial charge on any atom is -0.360 e. The van der Waals surface area contributed by atoms with Crippen LogP contribution in [0.1, 0.15) is 11.3 Å². The van der Waals surface area contributed by atoms with Gasteiger partial charge in [-0.15, -0.1) is 0 Å². The Labute approximate surface area is 113 Å². The van der Waals surface area contributed by atoms with Crippen molar-refractivity contribution in [3.8, 4) is 0 Å². The molecular weight excluding hydrogens is 294 g/mol. The van der Waals surface area contributed by atoms with Gasteiger partial charge < -0.3 is 4.98 Å². The highest BCUT2D eigenvalue weighted by Crippen LogP contribution is 2.10. The molecule has 2 rings (SSSR count). The van der Waals surface area contributed by atoms with Gasteiger partial charge in [-0.25, -0.2) is 5.43 Å². The lowest BCUT2D eigenvalue weighted by molar-refractivity contribution is -0.120. The van der Waals surface area contributed by atoms with Crippen molar-refractivity contribution in [2.45, 2.75) is 6.42 Å². The van der Waals surface area contributed by atoms with Crippen molar-refractivity contribution in [2.24, 2.45) is 5.10 Å². The Balaban J connectivity index is 1.84. The third-order valence-corrected chi connectivity index (χ3v) is 2.82. The number of hydrazone groups is 1. The summed E-state index contributed by atoms with van der Waals surface area (Å²) in [6.45, 7) is 0. The van der Waals surface area contributed by atoms with Crippen molar-refractivity contribution in [3.63, 3.8) is 0 Å². The fourth-order valence-corrected chi connectivity index (χ4v) is 1.69. The van der Waals surface area contributed by atoms with E-state index in [2.05, 4.69) is 31.4 Å². The topological polar surface area (TPSA) is 57.2 Å². The van der Waals surface area contributed by atoms with E-state index in [1.54, 1.807) is 12.4 Å². The Morgan fingerprint density at radius 3 is 2.78 bits per heavy atom. The third kappa shape index (κ3) is 3.85. The molecule has 5 heteroatoms. The van der Waals surface area contributed by atoms with E-state index in [0.717, 1.165) is 15.7 Å². The quantitative estimate of drug-likeness (QED) is 0.661. The number of carbonyl (C=O) groups excluding carboxylic acids is 1. The normalized spacial score (nSPS) is 10.7. The van der Waals surface area contributed by atoms with Crippen LogP contribution in [-0.2, 0) is 11.2 Å². The number of nitrogens with one attached hydrogen (secondary N) is 2. The van der Waals surface area contributed by atoms with Gasteiger partial charge in [0.1, 0.15) is 0 Å². The van der Waals surface area contributed by atoms with Gasteiger partial charge >= 0.3 is 0 Å². The second-order valence-corrected chi connectivity index (χ2v) is 4.64. The van der Waals surface area contributed by atoms with Crippen LogP contribution in [0.4, 0.5) is 0 Å². The van der Waals surface area contributed by atoms with Gasteiger partial charge in [-0.3, -0.25) is 4.79 Å². The molecule has 1 aromatic carbocycles. The molecule has 2 N–H and O–H groups in total. The number of hydrogen-bond acceptors (Lipinski definition) is 2. The van der Waals surface area contributed by atoms with Gasteiger partial charge in [0.05, 0.1) is 18.3 Å². The molecule has 0 saturated heterocycles. The Morgan fingerprint density at radius 1 is 1.33 bits per heavy atom. The average Bonchev–Trinajstić information content (AvgIpc) is 2.85. The zero-order valence-corrected chi connectivity index (χ0v) is 11.1. The predicted molar refractivity (Wildman–Crippen MR) is 74.4 cm³/mol. The van der Waals surface area contributed by atoms with Crippen molar-refractivity contribution in [1.82, 2.24) is 10.4 Å². The van der Waals surface area contributed by atoms with E-state index in [1.807, 2.05) is 36.4 Å². The molecule has 0 bridgehead atoms. The highest BCUT2D eigenvalue weighted by atomic mass is 79.9. The van der Waals surface area contributed by atoms with Crippen LogP contribution >= 0.6 is 15.9 Å². The van der Waals surface area contributed by atoms with E-state index in [-0.39, 0.29) is 5.91 Å². The molecule has 0 fully saturated rings. The van der Waals surface area contributed by atoms with E-state index in [1.165, 1.54) is 0 Å². The van der Waals surface area contributed by atoms with Crippen molar-refractivity contribution >= 4 is 28.1 Å². The summed E-state index contributed by atoms with van der Waals surface area (Å²) in [4.78, 5) is 14.5. The first kappa shape index (κ1) is 12.6. The number of aromatic nitrogens is 1. The first-order valence-electron chi connectivity index (χ1n) is 5.44. The van der Waals surface area contributed by atoms with Crippen LogP contribution < -0.4 is 5.43 Å². The first-order valence-corrected chi connectivity index (χ1v) is 6.23. The van der Waals surface area contributed by atoms with Crippen molar-refractivity contribution in [3.05, 3.63) is 58.3 Å². The molecule has 0 atom stereocenters. The van der Waals surface area contributed by atoms with Gasteiger partial charge in [0.25, 0.3) is 0 Å². The van der Waals surface area contributed by atoms with Crippen molar-refractivity contribution in [2.75, 3.05) is 0 Å². The monoisotopic (exact) mass is 305 g/mol. The smallest absolute Gasteiger partial charge is 0.244 e. The fourth-order valence-electron chi connectivity index (χ4n) is 1.43. The van der Waals surface area contributed by atoms with E-state index < -0.39 is 0 Å². The zero-order valence-electron chi connectivity index (χ0n) is 9.56. The van der Waals surface area contributed by atoms with Gasteiger partial charge in [-0.05, 0) is 29.8 Å². The molecule has 18 heavy (non-hydrogen) atoms. The SMILES string of the molecule is O=C(Cc1ccc(Br)cc1)N/N=C\c1ccc[nH]1. The summed E-state index contributed by atoms with van der Waals surface area (Å²) >= 11 is 3.35. The highest BCUT2D eigenvalue weighted by molar-refractivity contribution is 9.10. The predicted octanol–water partition coefficient (Wildman–Crippen LogP) is 2.47. The molecule has 4 nitrogen and oxygen atoms in total. The minimum atomic E-state index is -0.139. The number of carbonyl (C=O) groups is 1. The van der Waals surface area contributed by atoms with Crippen LogP contribution in [0.2, 0.25) is 0 Å². The second-order valence-electron chi connectivity index (χ2n) is 3.72. The summed E-state index contributed by atoms with van der Waals surface area (Å²) < 4.78 is 0.997. The molecule has 1 aromatic heterocycles. The van der Waals surface area contributed by atoms with Gasteiger partial charge in [-0.1, -0.05) is 28.1 Å². The maximum Gasteiger partial charge on any atom is 0.244 e. The molecule has 0 aliphatic heterocycles. The summed E-state index contributed by atoms with van der Waals surface area (Å²) in [5, 5.41) is 3.86. The molecule has 1 amide bonds. The van der Waals surface area contributed by atoms with E-state index >= 15 is 0 Å². The van der Waals surface area contributed by atoms with Crippen LogP contribution in [0.3, 0.4) is 0 Å². The van der Waals surface area contributed by atoms with Gasteiger partial charge in [0.15, 0.2) is 0 Å². The van der Waals surface area contributed by atoms with E-state index in [9.17, 15) is 4.79 Å². The lowest BCUT2D eigenvalue weighted by Gasteiger charge is -2.00. The Bertz CT molecular complexity index is 532. The molecular formula is C13H12BrN3O. The van der Waals surface area contributed by atoms with Crippen LogP contribution in [0.15, 0.2) is 52.2 Å². The number of H-pyrrole nitrogens is 1. The summed E-state index contributed by atoms with van der Waals surface area (Å²) in [5.74, 6) is -0.139. The average molecular weight is 306 g/mol. The molecule has 2 aromatic rings. The fraction of sp³-hybridized carbons (Fsp3) is 0.0769. The summed E-state index contributed by atoms with van der Waals surface area (Å²) in [5.41, 5.74) is 4.28. The molecule has 92 valence electrons. The number of benzene rings is 1. The van der Waals surface area contributed by atoms with Crippen LogP contribution in [0.5, 0.6) is 0 Å². The van der Waals surface area contributed by atoms with Gasteiger partial charge in [0, 0.05) is 10.7 Å². The Morgan fingerprint density at radius 2 is 2.11 bits per heavy atom. The molecule has 0 saturated carbocycles. The zero-order chi connectivity index (χ0) is 12.8. The van der Waals surface area contributed by atoms with Crippen LogP contribution in [0, 0.1) is 0 Å². The number of rotatable bonds is 4. The molecule has 0 spiro atoms. The number of halogens is 1. The number of nitrogens with zero attached hydrogens (tertiary/aromatic N) is 1. The molecule has 0 aliphatic carbocycles. The number of amides is 1. The van der Waals surface area contributed by atoms with Crippen molar-refractivity contribution < 1.29 is 4.79 Å². The second kappa shape index (κ2) is 6.16. The molecule has 0 unspecified atom stereocenters. The van der Waals surface area contributed by atoms with Gasteiger partial charge in [0.2, 0.25) is 5.91 Å². The Hall–Kier alpha value is -1.88. The lowest BCUT2D eigenvalue weighted by atomic mass is 10.1. The van der Waals surface area contributed by atoms with Crippen LogP contribution in [-0.4, -0.2) is 17.1 Å².